The van der Waals surface area contributed by atoms with Gasteiger partial charge in [-0.3, -0.25) is 0 Å². The molecule has 0 fully saturated rings. The normalized spacial score (nSPS) is 13.1. The molecule has 0 spiro atoms. The summed E-state index contributed by atoms with van der Waals surface area (Å²) in [7, 11) is -1.35. The Balaban J connectivity index is 4.60. The standard InChI is InChI=1S/C10H24N2O2S/c1-9(2)8-12(10(3)4)15(13,14)7-6-11-5/h9-11H,6-8H2,1-5H3. The summed E-state index contributed by atoms with van der Waals surface area (Å²) in [6.45, 7) is 9.00. The van der Waals surface area contributed by atoms with Crippen molar-refractivity contribution in [1.82, 2.24) is 9.62 Å². The molecule has 0 saturated heterocycles. The average Bonchev–Trinajstić information content (AvgIpc) is 2.10. The van der Waals surface area contributed by atoms with E-state index in [0.717, 1.165) is 0 Å². The van der Waals surface area contributed by atoms with Crippen LogP contribution in [0.1, 0.15) is 27.7 Å². The number of hydrogen-bond donors (Lipinski definition) is 1. The Hall–Kier alpha value is -0.130. The van der Waals surface area contributed by atoms with E-state index in [1.807, 2.05) is 27.7 Å². The van der Waals surface area contributed by atoms with Gasteiger partial charge in [0.25, 0.3) is 0 Å². The predicted octanol–water partition coefficient (Wildman–Crippen LogP) is 0.902. The van der Waals surface area contributed by atoms with Gasteiger partial charge in [-0.1, -0.05) is 13.8 Å². The Morgan fingerprint density at radius 2 is 1.73 bits per heavy atom. The van der Waals surface area contributed by atoms with Crippen molar-refractivity contribution in [3.05, 3.63) is 0 Å². The minimum Gasteiger partial charge on any atom is -0.319 e. The summed E-state index contributed by atoms with van der Waals surface area (Å²) in [4.78, 5) is 0. The lowest BCUT2D eigenvalue weighted by molar-refractivity contribution is 0.319. The highest BCUT2D eigenvalue weighted by atomic mass is 32.2. The molecule has 0 aromatic carbocycles. The Bertz CT molecular complexity index is 261. The molecule has 4 nitrogen and oxygen atoms in total. The Kier molecular flexibility index (Phi) is 6.40. The molecule has 0 aliphatic heterocycles. The Morgan fingerprint density at radius 3 is 2.07 bits per heavy atom. The second-order valence-electron chi connectivity index (χ2n) is 4.48. The lowest BCUT2D eigenvalue weighted by Crippen LogP contribution is -2.42. The van der Waals surface area contributed by atoms with Gasteiger partial charge in [-0.15, -0.1) is 0 Å². The zero-order chi connectivity index (χ0) is 12.1. The van der Waals surface area contributed by atoms with Crippen molar-refractivity contribution in [2.45, 2.75) is 33.7 Å². The predicted molar refractivity (Wildman–Crippen MR) is 64.4 cm³/mol. The third kappa shape index (κ3) is 5.49. The number of sulfonamides is 1. The largest absolute Gasteiger partial charge is 0.319 e. The van der Waals surface area contributed by atoms with E-state index >= 15 is 0 Å². The van der Waals surface area contributed by atoms with Crippen LogP contribution in [0.25, 0.3) is 0 Å². The maximum Gasteiger partial charge on any atom is 0.215 e. The van der Waals surface area contributed by atoms with Crippen molar-refractivity contribution in [3.63, 3.8) is 0 Å². The zero-order valence-corrected chi connectivity index (χ0v) is 11.3. The second kappa shape index (κ2) is 6.45. The van der Waals surface area contributed by atoms with E-state index in [0.29, 0.717) is 19.0 Å². The second-order valence-corrected chi connectivity index (χ2v) is 6.52. The first kappa shape index (κ1) is 14.9. The smallest absolute Gasteiger partial charge is 0.215 e. The molecule has 5 heteroatoms. The van der Waals surface area contributed by atoms with Crippen LogP contribution in [0.5, 0.6) is 0 Å². The van der Waals surface area contributed by atoms with Gasteiger partial charge in [-0.25, -0.2) is 8.42 Å². The van der Waals surface area contributed by atoms with E-state index in [1.54, 1.807) is 11.4 Å². The quantitative estimate of drug-likeness (QED) is 0.714. The third-order valence-electron chi connectivity index (χ3n) is 2.09. The lowest BCUT2D eigenvalue weighted by Gasteiger charge is -2.27. The molecule has 0 atom stereocenters. The van der Waals surface area contributed by atoms with Crippen molar-refractivity contribution in [2.24, 2.45) is 5.92 Å². The van der Waals surface area contributed by atoms with Crippen molar-refractivity contribution in [2.75, 3.05) is 25.9 Å². The molecule has 0 amide bonds. The number of hydrogen-bond acceptors (Lipinski definition) is 3. The van der Waals surface area contributed by atoms with E-state index in [-0.39, 0.29) is 11.8 Å². The molecule has 15 heavy (non-hydrogen) atoms. The monoisotopic (exact) mass is 236 g/mol. The third-order valence-corrected chi connectivity index (χ3v) is 4.09. The van der Waals surface area contributed by atoms with E-state index in [1.165, 1.54) is 0 Å². The number of nitrogens with one attached hydrogen (secondary N) is 1. The average molecular weight is 236 g/mol. The van der Waals surface area contributed by atoms with E-state index < -0.39 is 10.0 Å². The van der Waals surface area contributed by atoms with E-state index in [2.05, 4.69) is 5.32 Å². The number of rotatable bonds is 7. The first-order valence-corrected chi connectivity index (χ1v) is 7.06. The summed E-state index contributed by atoms with van der Waals surface area (Å²) < 4.78 is 25.5. The molecule has 0 bridgehead atoms. The van der Waals surface area contributed by atoms with Gasteiger partial charge in [-0.2, -0.15) is 4.31 Å². The van der Waals surface area contributed by atoms with Gasteiger partial charge >= 0.3 is 0 Å². The summed E-state index contributed by atoms with van der Waals surface area (Å²) in [5.74, 6) is 0.533. The topological polar surface area (TPSA) is 49.4 Å². The molecule has 0 aliphatic rings. The summed E-state index contributed by atoms with van der Waals surface area (Å²) in [6.07, 6.45) is 0. The molecule has 1 N–H and O–H groups in total. The summed E-state index contributed by atoms with van der Waals surface area (Å²) in [5.41, 5.74) is 0. The van der Waals surface area contributed by atoms with Crippen LogP contribution in [-0.4, -0.2) is 44.7 Å². The van der Waals surface area contributed by atoms with Gasteiger partial charge in [0.05, 0.1) is 5.75 Å². The van der Waals surface area contributed by atoms with Gasteiger partial charge in [0.15, 0.2) is 0 Å². The number of nitrogens with zero attached hydrogens (tertiary/aromatic N) is 1. The first-order chi connectivity index (χ1) is 6.81. The van der Waals surface area contributed by atoms with Crippen LogP contribution >= 0.6 is 0 Å². The summed E-state index contributed by atoms with van der Waals surface area (Å²) >= 11 is 0. The van der Waals surface area contributed by atoms with Gasteiger partial charge in [0, 0.05) is 19.1 Å². The molecular formula is C10H24N2O2S. The van der Waals surface area contributed by atoms with E-state index in [4.69, 9.17) is 0 Å². The van der Waals surface area contributed by atoms with Crippen molar-refractivity contribution < 1.29 is 8.42 Å². The Morgan fingerprint density at radius 1 is 1.20 bits per heavy atom. The minimum absolute atomic E-state index is 0.0363. The molecule has 0 rings (SSSR count). The van der Waals surface area contributed by atoms with Crippen LogP contribution in [0, 0.1) is 5.92 Å². The van der Waals surface area contributed by atoms with Crippen molar-refractivity contribution >= 4 is 10.0 Å². The lowest BCUT2D eigenvalue weighted by atomic mass is 10.2. The molecule has 0 saturated carbocycles. The van der Waals surface area contributed by atoms with E-state index in [9.17, 15) is 8.42 Å². The first-order valence-electron chi connectivity index (χ1n) is 5.45. The SMILES string of the molecule is CNCCS(=O)(=O)N(CC(C)C)C(C)C. The van der Waals surface area contributed by atoms with Crippen molar-refractivity contribution in [3.8, 4) is 0 Å². The van der Waals surface area contributed by atoms with Crippen LogP contribution in [0.3, 0.4) is 0 Å². The fourth-order valence-electron chi connectivity index (χ4n) is 1.35. The highest BCUT2D eigenvalue weighted by molar-refractivity contribution is 7.89. The summed E-state index contributed by atoms with van der Waals surface area (Å²) in [6, 6.07) is 0.0363. The zero-order valence-electron chi connectivity index (χ0n) is 10.4. The van der Waals surface area contributed by atoms with Crippen LogP contribution in [0.15, 0.2) is 0 Å². The molecule has 0 unspecified atom stereocenters. The molecule has 92 valence electrons. The molecular weight excluding hydrogens is 212 g/mol. The van der Waals surface area contributed by atoms with Crippen LogP contribution in [0.4, 0.5) is 0 Å². The molecule has 0 aromatic rings. The molecule has 0 heterocycles. The van der Waals surface area contributed by atoms with Gasteiger partial charge < -0.3 is 5.32 Å². The molecule has 0 aliphatic carbocycles. The minimum atomic E-state index is -3.11. The van der Waals surface area contributed by atoms with Gasteiger partial charge in [0.2, 0.25) is 10.0 Å². The Labute approximate surface area is 94.1 Å². The maximum absolute atomic E-state index is 12.0. The van der Waals surface area contributed by atoms with Crippen LogP contribution in [0.2, 0.25) is 0 Å². The van der Waals surface area contributed by atoms with Crippen molar-refractivity contribution in [1.29, 1.82) is 0 Å². The van der Waals surface area contributed by atoms with Gasteiger partial charge in [0.1, 0.15) is 0 Å². The highest BCUT2D eigenvalue weighted by Crippen LogP contribution is 2.10. The molecule has 0 aromatic heterocycles. The highest BCUT2D eigenvalue weighted by Gasteiger charge is 2.24. The fraction of sp³-hybridized carbons (Fsp3) is 1.00. The van der Waals surface area contributed by atoms with Crippen LogP contribution < -0.4 is 5.32 Å². The molecule has 0 radical (unpaired) electrons. The van der Waals surface area contributed by atoms with Crippen LogP contribution in [-0.2, 0) is 10.0 Å². The maximum atomic E-state index is 12.0. The summed E-state index contributed by atoms with van der Waals surface area (Å²) in [5, 5.41) is 2.87. The van der Waals surface area contributed by atoms with Gasteiger partial charge in [-0.05, 0) is 26.8 Å². The fourth-order valence-corrected chi connectivity index (χ4v) is 3.22.